The fourth-order valence-corrected chi connectivity index (χ4v) is 5.82. The average Bonchev–Trinajstić information content (AvgIpc) is 3.71. The summed E-state index contributed by atoms with van der Waals surface area (Å²) in [6.07, 6.45) is 5.28. The van der Waals surface area contributed by atoms with Gasteiger partial charge in [-0.3, -0.25) is 14.3 Å². The molecule has 43 heavy (non-hydrogen) atoms. The normalized spacial score (nSPS) is 16.2. The number of aromatic nitrogens is 2. The maximum absolute atomic E-state index is 13.7. The number of nitrogens with one attached hydrogen (secondary N) is 2. The van der Waals surface area contributed by atoms with E-state index in [0.29, 0.717) is 37.2 Å². The summed E-state index contributed by atoms with van der Waals surface area (Å²) in [4.78, 5) is 29.3. The highest BCUT2D eigenvalue weighted by Crippen LogP contribution is 2.33. The summed E-state index contributed by atoms with van der Waals surface area (Å²) in [5.41, 5.74) is 4.91. The maximum atomic E-state index is 13.7. The summed E-state index contributed by atoms with van der Waals surface area (Å²) in [6.45, 7) is 6.27. The number of rotatable bonds is 12. The molecule has 5 rings (SSSR count). The van der Waals surface area contributed by atoms with E-state index in [-0.39, 0.29) is 17.9 Å². The van der Waals surface area contributed by atoms with Crippen LogP contribution in [0.3, 0.4) is 0 Å². The van der Waals surface area contributed by atoms with Crippen LogP contribution in [0.5, 0.6) is 0 Å². The van der Waals surface area contributed by atoms with E-state index in [0.717, 1.165) is 41.6 Å². The molecular formula is C35H41N5O3. The van der Waals surface area contributed by atoms with E-state index >= 15 is 0 Å². The van der Waals surface area contributed by atoms with Crippen LogP contribution >= 0.6 is 0 Å². The summed E-state index contributed by atoms with van der Waals surface area (Å²) in [5.74, 6) is -0.386. The topological polar surface area (TPSA) is 99.5 Å². The lowest BCUT2D eigenvalue weighted by molar-refractivity contribution is 0.0735. The molecule has 0 saturated carbocycles. The number of carbonyl (C=O) groups is 2. The Bertz CT molecular complexity index is 1500. The summed E-state index contributed by atoms with van der Waals surface area (Å²) in [7, 11) is 0. The predicted molar refractivity (Wildman–Crippen MR) is 168 cm³/mol. The molecule has 3 unspecified atom stereocenters. The van der Waals surface area contributed by atoms with Crippen molar-refractivity contribution in [2.75, 3.05) is 13.1 Å². The first-order valence-corrected chi connectivity index (χ1v) is 15.1. The third-order valence-corrected chi connectivity index (χ3v) is 8.06. The second-order valence-electron chi connectivity index (χ2n) is 11.3. The van der Waals surface area contributed by atoms with Gasteiger partial charge < -0.3 is 20.6 Å². The fraction of sp³-hybridized carbons (Fsp3) is 0.343. The van der Waals surface area contributed by atoms with E-state index in [1.54, 1.807) is 12.1 Å². The van der Waals surface area contributed by atoms with Gasteiger partial charge in [0, 0.05) is 49.1 Å². The average molecular weight is 580 g/mol. The highest BCUT2D eigenvalue weighted by molar-refractivity contribution is 6.00. The molecule has 3 aromatic carbocycles. The van der Waals surface area contributed by atoms with Crippen molar-refractivity contribution in [3.05, 3.63) is 125 Å². The van der Waals surface area contributed by atoms with Crippen LogP contribution in [0.25, 0.3) is 0 Å². The number of hydrogen-bond acceptors (Lipinski definition) is 5. The smallest absolute Gasteiger partial charge is 0.254 e. The van der Waals surface area contributed by atoms with Crippen molar-refractivity contribution >= 4 is 11.8 Å². The van der Waals surface area contributed by atoms with Crippen LogP contribution in [0.1, 0.15) is 68.8 Å². The number of hydrogen-bond donors (Lipinski definition) is 3. The highest BCUT2D eigenvalue weighted by Gasteiger charge is 2.31. The molecule has 3 N–H and O–H groups in total. The van der Waals surface area contributed by atoms with Gasteiger partial charge in [0.05, 0.1) is 24.4 Å². The van der Waals surface area contributed by atoms with E-state index in [2.05, 4.69) is 27.9 Å². The van der Waals surface area contributed by atoms with Crippen molar-refractivity contribution in [2.24, 2.45) is 0 Å². The lowest BCUT2D eigenvalue weighted by atomic mass is 9.99. The van der Waals surface area contributed by atoms with Gasteiger partial charge >= 0.3 is 0 Å². The predicted octanol–water partition coefficient (Wildman–Crippen LogP) is 4.68. The third-order valence-electron chi connectivity index (χ3n) is 8.06. The van der Waals surface area contributed by atoms with Gasteiger partial charge in [-0.05, 0) is 68.0 Å². The lowest BCUT2D eigenvalue weighted by Crippen LogP contribution is -2.48. The molecule has 0 bridgehead atoms. The third kappa shape index (κ3) is 7.77. The summed E-state index contributed by atoms with van der Waals surface area (Å²) >= 11 is 0. The molecule has 1 aromatic heterocycles. The molecular weight excluding hydrogens is 538 g/mol. The van der Waals surface area contributed by atoms with Crippen LogP contribution in [0, 0.1) is 6.92 Å². The van der Waals surface area contributed by atoms with Crippen LogP contribution < -0.4 is 10.6 Å². The van der Waals surface area contributed by atoms with Crippen molar-refractivity contribution < 1.29 is 14.7 Å². The number of carbonyl (C=O) groups excluding carboxylic acids is 2. The van der Waals surface area contributed by atoms with Crippen LogP contribution in [-0.2, 0) is 19.5 Å². The Morgan fingerprint density at radius 1 is 1.00 bits per heavy atom. The highest BCUT2D eigenvalue weighted by atomic mass is 16.3. The van der Waals surface area contributed by atoms with E-state index in [1.807, 2.05) is 90.4 Å². The van der Waals surface area contributed by atoms with Crippen LogP contribution in [-0.4, -0.2) is 56.8 Å². The van der Waals surface area contributed by atoms with Gasteiger partial charge in [-0.1, -0.05) is 60.7 Å². The van der Waals surface area contributed by atoms with Gasteiger partial charge in [0.25, 0.3) is 11.8 Å². The first-order valence-electron chi connectivity index (χ1n) is 15.1. The molecule has 0 spiro atoms. The molecule has 2 amide bonds. The Hall–Kier alpha value is -4.27. The van der Waals surface area contributed by atoms with E-state index < -0.39 is 12.1 Å². The molecule has 0 radical (unpaired) electrons. The summed E-state index contributed by atoms with van der Waals surface area (Å²) in [6, 6.07) is 24.7. The van der Waals surface area contributed by atoms with Crippen molar-refractivity contribution in [3.63, 3.8) is 0 Å². The Labute approximate surface area is 253 Å². The Kier molecular flexibility index (Phi) is 10.0. The van der Waals surface area contributed by atoms with Crippen LogP contribution in [0.2, 0.25) is 0 Å². The molecule has 3 atom stereocenters. The van der Waals surface area contributed by atoms with Gasteiger partial charge in [0.1, 0.15) is 0 Å². The molecule has 0 aliphatic carbocycles. The second kappa shape index (κ2) is 14.3. The van der Waals surface area contributed by atoms with Gasteiger partial charge in [-0.25, -0.2) is 0 Å². The quantitative estimate of drug-likeness (QED) is 0.226. The Morgan fingerprint density at radius 3 is 2.44 bits per heavy atom. The molecule has 8 heteroatoms. The van der Waals surface area contributed by atoms with Crippen molar-refractivity contribution in [3.8, 4) is 0 Å². The number of nitrogens with zero attached hydrogens (tertiary/aromatic N) is 3. The zero-order valence-corrected chi connectivity index (χ0v) is 24.9. The largest absolute Gasteiger partial charge is 0.390 e. The number of benzene rings is 3. The molecule has 8 nitrogen and oxygen atoms in total. The van der Waals surface area contributed by atoms with Gasteiger partial charge in [0.2, 0.25) is 0 Å². The van der Waals surface area contributed by atoms with Crippen molar-refractivity contribution in [1.29, 1.82) is 0 Å². The van der Waals surface area contributed by atoms with E-state index in [4.69, 9.17) is 0 Å². The summed E-state index contributed by atoms with van der Waals surface area (Å²) in [5, 5.41) is 21.9. The first kappa shape index (κ1) is 30.2. The molecule has 4 aromatic rings. The summed E-state index contributed by atoms with van der Waals surface area (Å²) < 4.78 is 1.86. The van der Waals surface area contributed by atoms with E-state index in [1.165, 1.54) is 0 Å². The minimum atomic E-state index is -0.840. The van der Waals surface area contributed by atoms with Crippen LogP contribution in [0.15, 0.2) is 91.3 Å². The van der Waals surface area contributed by atoms with Crippen molar-refractivity contribution in [1.82, 2.24) is 25.3 Å². The number of aliphatic hydroxyl groups is 1. The van der Waals surface area contributed by atoms with Gasteiger partial charge in [-0.2, -0.15) is 5.10 Å². The minimum Gasteiger partial charge on any atom is -0.390 e. The van der Waals surface area contributed by atoms with Crippen LogP contribution in [0.4, 0.5) is 0 Å². The van der Waals surface area contributed by atoms with Gasteiger partial charge in [-0.15, -0.1) is 0 Å². The first-order chi connectivity index (χ1) is 20.9. The maximum Gasteiger partial charge on any atom is 0.254 e. The molecule has 1 saturated heterocycles. The monoisotopic (exact) mass is 579 g/mol. The number of likely N-dealkylation sites (tertiary alicyclic amines) is 1. The van der Waals surface area contributed by atoms with E-state index in [9.17, 15) is 14.7 Å². The number of amides is 2. The SMILES string of the molecule is CCn1cc(CNCC(O)C(Cc2ccccc2)NC(=O)c2cc(C)cc(C(=O)N3CCCC3c3ccccc3)c2)cn1. The molecule has 1 fully saturated rings. The molecule has 2 heterocycles. The number of aliphatic hydroxyl groups excluding tert-OH is 1. The molecule has 224 valence electrons. The lowest BCUT2D eigenvalue weighted by Gasteiger charge is -2.26. The second-order valence-corrected chi connectivity index (χ2v) is 11.3. The Balaban J connectivity index is 1.30. The van der Waals surface area contributed by atoms with Crippen molar-refractivity contribution in [2.45, 2.75) is 64.4 Å². The molecule has 1 aliphatic heterocycles. The Morgan fingerprint density at radius 2 is 1.72 bits per heavy atom. The minimum absolute atomic E-state index is 0.0284. The standard InChI is InChI=1S/C35H41N5O3/c1-3-39-24-27(22-37-39)21-36-23-33(41)31(19-26-11-6-4-7-12-26)38-34(42)29-17-25(2)18-30(20-29)35(43)40-16-10-15-32(40)28-13-8-5-9-14-28/h4-9,11-14,17-18,20,22,24,31-33,36,41H,3,10,15-16,19,21,23H2,1-2H3,(H,38,42). The number of aryl methyl sites for hydroxylation is 2. The fourth-order valence-electron chi connectivity index (χ4n) is 5.82. The van der Waals surface area contributed by atoms with Gasteiger partial charge in [0.15, 0.2) is 0 Å². The molecule has 1 aliphatic rings. The zero-order valence-electron chi connectivity index (χ0n) is 24.9. The zero-order chi connectivity index (χ0) is 30.2.